The van der Waals surface area contributed by atoms with Crippen LogP contribution in [-0.4, -0.2) is 46.3 Å². The molecule has 0 bridgehead atoms. The Labute approximate surface area is 96.2 Å². The summed E-state index contributed by atoms with van der Waals surface area (Å²) in [6.07, 6.45) is 0.979. The molecule has 16 heavy (non-hydrogen) atoms. The molecule has 0 aromatic heterocycles. The van der Waals surface area contributed by atoms with Gasteiger partial charge in [0.15, 0.2) is 0 Å². The zero-order valence-corrected chi connectivity index (χ0v) is 10.4. The van der Waals surface area contributed by atoms with Crippen LogP contribution in [0, 0.1) is 5.92 Å². The van der Waals surface area contributed by atoms with Crippen LogP contribution in [0.2, 0.25) is 0 Å². The minimum Gasteiger partial charge on any atom is -0.354 e. The number of sulfonamides is 1. The lowest BCUT2D eigenvalue weighted by Crippen LogP contribution is -2.45. The molecule has 1 aliphatic heterocycles. The summed E-state index contributed by atoms with van der Waals surface area (Å²) in [4.78, 5) is 11.6. The van der Waals surface area contributed by atoms with Gasteiger partial charge < -0.3 is 10.6 Å². The van der Waals surface area contributed by atoms with Crippen LogP contribution in [0.1, 0.15) is 13.3 Å². The quantitative estimate of drug-likeness (QED) is 0.562. The summed E-state index contributed by atoms with van der Waals surface area (Å²) >= 11 is 0. The number of nitrogens with one attached hydrogen (secondary N) is 3. The molecule has 94 valence electrons. The van der Waals surface area contributed by atoms with Crippen LogP contribution in [0.4, 0.5) is 0 Å². The van der Waals surface area contributed by atoms with Gasteiger partial charge in [-0.3, -0.25) is 4.79 Å². The highest BCUT2D eigenvalue weighted by molar-refractivity contribution is 7.89. The summed E-state index contributed by atoms with van der Waals surface area (Å²) in [5.41, 5.74) is 0. The Bertz CT molecular complexity index is 342. The topological polar surface area (TPSA) is 87.3 Å². The van der Waals surface area contributed by atoms with Crippen LogP contribution >= 0.6 is 0 Å². The van der Waals surface area contributed by atoms with Crippen molar-refractivity contribution in [3.63, 3.8) is 0 Å². The number of amides is 1. The van der Waals surface area contributed by atoms with E-state index in [-0.39, 0.29) is 24.2 Å². The smallest absolute Gasteiger partial charge is 0.237 e. The van der Waals surface area contributed by atoms with E-state index in [1.165, 1.54) is 7.05 Å². The summed E-state index contributed by atoms with van der Waals surface area (Å²) in [6.45, 7) is 3.00. The Hall–Kier alpha value is -0.660. The van der Waals surface area contributed by atoms with E-state index in [2.05, 4.69) is 15.4 Å². The lowest BCUT2D eigenvalue weighted by Gasteiger charge is -2.15. The zero-order valence-electron chi connectivity index (χ0n) is 9.62. The van der Waals surface area contributed by atoms with Gasteiger partial charge in [-0.05, 0) is 25.9 Å². The third-order valence-corrected chi connectivity index (χ3v) is 4.16. The third kappa shape index (κ3) is 3.73. The largest absolute Gasteiger partial charge is 0.354 e. The van der Waals surface area contributed by atoms with Gasteiger partial charge in [0.2, 0.25) is 15.9 Å². The van der Waals surface area contributed by atoms with Crippen LogP contribution in [0.15, 0.2) is 0 Å². The van der Waals surface area contributed by atoms with Crippen molar-refractivity contribution in [1.82, 2.24) is 15.4 Å². The van der Waals surface area contributed by atoms with Gasteiger partial charge in [0.05, 0.1) is 11.8 Å². The average molecular weight is 249 g/mol. The standard InChI is InChI=1S/C9H19N3O3S/c1-7-3-4-11-8(7)9(13)12-5-6-16(14,15)10-2/h7-8,10-11H,3-6H2,1-2H3,(H,12,13). The van der Waals surface area contributed by atoms with Crippen LogP contribution in [0.25, 0.3) is 0 Å². The number of carbonyl (C=O) groups excluding carboxylic acids is 1. The highest BCUT2D eigenvalue weighted by Gasteiger charge is 2.28. The van der Waals surface area contributed by atoms with Crippen LogP contribution < -0.4 is 15.4 Å². The first-order chi connectivity index (χ1) is 7.46. The number of hydrogen-bond donors (Lipinski definition) is 3. The fraction of sp³-hybridized carbons (Fsp3) is 0.889. The van der Waals surface area contributed by atoms with Crippen molar-refractivity contribution >= 4 is 15.9 Å². The Morgan fingerprint density at radius 1 is 1.50 bits per heavy atom. The van der Waals surface area contributed by atoms with Gasteiger partial charge in [0.1, 0.15) is 0 Å². The van der Waals surface area contributed by atoms with E-state index in [1.54, 1.807) is 0 Å². The molecule has 0 saturated carbocycles. The summed E-state index contributed by atoms with van der Waals surface area (Å²) in [5.74, 6) is 0.105. The van der Waals surface area contributed by atoms with Gasteiger partial charge in [-0.1, -0.05) is 6.92 Å². The molecule has 2 unspecified atom stereocenters. The number of hydrogen-bond acceptors (Lipinski definition) is 4. The van der Waals surface area contributed by atoms with E-state index < -0.39 is 10.0 Å². The average Bonchev–Trinajstić information content (AvgIpc) is 2.64. The first kappa shape index (κ1) is 13.4. The molecule has 1 saturated heterocycles. The van der Waals surface area contributed by atoms with Gasteiger partial charge in [0, 0.05) is 6.54 Å². The van der Waals surface area contributed by atoms with E-state index >= 15 is 0 Å². The van der Waals surface area contributed by atoms with Gasteiger partial charge in [0.25, 0.3) is 0 Å². The van der Waals surface area contributed by atoms with E-state index in [1.807, 2.05) is 6.92 Å². The minimum absolute atomic E-state index is 0.0870. The second-order valence-corrected chi connectivity index (χ2v) is 6.06. The van der Waals surface area contributed by atoms with Crippen molar-refractivity contribution in [2.75, 3.05) is 25.9 Å². The Morgan fingerprint density at radius 2 is 2.19 bits per heavy atom. The van der Waals surface area contributed by atoms with Gasteiger partial charge in [-0.25, -0.2) is 13.1 Å². The van der Waals surface area contributed by atoms with E-state index in [0.717, 1.165) is 13.0 Å². The highest BCUT2D eigenvalue weighted by atomic mass is 32.2. The Morgan fingerprint density at radius 3 is 2.69 bits per heavy atom. The number of carbonyl (C=O) groups is 1. The Balaban J connectivity index is 2.30. The lowest BCUT2D eigenvalue weighted by atomic mass is 10.0. The predicted molar refractivity (Wildman–Crippen MR) is 61.4 cm³/mol. The summed E-state index contributed by atoms with van der Waals surface area (Å²) in [7, 11) is -1.88. The fourth-order valence-electron chi connectivity index (χ4n) is 1.71. The maximum atomic E-state index is 11.6. The molecule has 7 heteroatoms. The second kappa shape index (κ2) is 5.60. The van der Waals surface area contributed by atoms with Crippen molar-refractivity contribution in [3.8, 4) is 0 Å². The summed E-state index contributed by atoms with van der Waals surface area (Å²) in [6, 6.07) is -0.183. The van der Waals surface area contributed by atoms with Gasteiger partial charge in [-0.2, -0.15) is 0 Å². The summed E-state index contributed by atoms with van der Waals surface area (Å²) < 4.78 is 24.4. The molecule has 0 radical (unpaired) electrons. The van der Waals surface area contributed by atoms with Gasteiger partial charge >= 0.3 is 0 Å². The SMILES string of the molecule is CNS(=O)(=O)CCNC(=O)C1NCCC1C. The molecular formula is C9H19N3O3S. The van der Waals surface area contributed by atoms with Crippen molar-refractivity contribution in [3.05, 3.63) is 0 Å². The van der Waals surface area contributed by atoms with Crippen LogP contribution in [-0.2, 0) is 14.8 Å². The molecule has 1 fully saturated rings. The van der Waals surface area contributed by atoms with Crippen LogP contribution in [0.5, 0.6) is 0 Å². The highest BCUT2D eigenvalue weighted by Crippen LogP contribution is 2.13. The van der Waals surface area contributed by atoms with Crippen molar-refractivity contribution in [2.24, 2.45) is 5.92 Å². The molecule has 0 spiro atoms. The molecule has 1 aliphatic rings. The molecule has 6 nitrogen and oxygen atoms in total. The molecule has 2 atom stereocenters. The molecule has 1 heterocycles. The fourth-order valence-corrected chi connectivity index (χ4v) is 2.28. The van der Waals surface area contributed by atoms with Crippen LogP contribution in [0.3, 0.4) is 0 Å². The van der Waals surface area contributed by atoms with Crippen molar-refractivity contribution in [2.45, 2.75) is 19.4 Å². The van der Waals surface area contributed by atoms with Crippen molar-refractivity contribution < 1.29 is 13.2 Å². The first-order valence-electron chi connectivity index (χ1n) is 5.38. The molecule has 3 N–H and O–H groups in total. The third-order valence-electron chi connectivity index (χ3n) is 2.80. The molecule has 1 rings (SSSR count). The lowest BCUT2D eigenvalue weighted by molar-refractivity contribution is -0.123. The molecular weight excluding hydrogens is 230 g/mol. The minimum atomic E-state index is -3.24. The maximum absolute atomic E-state index is 11.6. The molecule has 0 aromatic carbocycles. The van der Waals surface area contributed by atoms with E-state index in [9.17, 15) is 13.2 Å². The normalized spacial score (nSPS) is 25.6. The first-order valence-corrected chi connectivity index (χ1v) is 7.04. The van der Waals surface area contributed by atoms with Gasteiger partial charge in [-0.15, -0.1) is 0 Å². The summed E-state index contributed by atoms with van der Waals surface area (Å²) in [5, 5.41) is 5.72. The van der Waals surface area contributed by atoms with Crippen molar-refractivity contribution in [1.29, 1.82) is 0 Å². The zero-order chi connectivity index (χ0) is 12.2. The maximum Gasteiger partial charge on any atom is 0.237 e. The van der Waals surface area contributed by atoms with E-state index in [0.29, 0.717) is 5.92 Å². The molecule has 0 aliphatic carbocycles. The molecule has 0 aromatic rings. The number of rotatable bonds is 5. The monoisotopic (exact) mass is 249 g/mol. The second-order valence-electron chi connectivity index (χ2n) is 4.01. The van der Waals surface area contributed by atoms with E-state index in [4.69, 9.17) is 0 Å². The Kier molecular flexibility index (Phi) is 4.69. The predicted octanol–water partition coefficient (Wildman–Crippen LogP) is -1.35. The molecule has 1 amide bonds.